The van der Waals surface area contributed by atoms with Crippen LogP contribution in [-0.2, 0) is 16.0 Å². The highest BCUT2D eigenvalue weighted by atomic mass is 16.6. The number of methoxy groups -OCH3 is 2. The van der Waals surface area contributed by atoms with Crippen LogP contribution in [-0.4, -0.2) is 44.3 Å². The van der Waals surface area contributed by atoms with Crippen LogP contribution in [0.5, 0.6) is 11.5 Å². The molecule has 2 aliphatic carbocycles. The van der Waals surface area contributed by atoms with Gasteiger partial charge in [-0.15, -0.1) is 0 Å². The Morgan fingerprint density at radius 1 is 1.19 bits per heavy atom. The summed E-state index contributed by atoms with van der Waals surface area (Å²) in [6, 6.07) is 4.46. The molecular weight excluding hydrogens is 402 g/mol. The van der Waals surface area contributed by atoms with Gasteiger partial charge in [0.1, 0.15) is 6.10 Å². The third kappa shape index (κ3) is 3.44. The third-order valence-electron chi connectivity index (χ3n) is 8.92. The number of hydrogen-bond donors (Lipinski definition) is 0. The molecule has 1 saturated heterocycles. The Labute approximate surface area is 192 Å². The lowest BCUT2D eigenvalue weighted by Gasteiger charge is -2.46. The summed E-state index contributed by atoms with van der Waals surface area (Å²) in [6.07, 6.45) is 6.79. The van der Waals surface area contributed by atoms with Gasteiger partial charge in [0.15, 0.2) is 11.5 Å². The fourth-order valence-electron chi connectivity index (χ4n) is 7.02. The predicted octanol–water partition coefficient (Wildman–Crippen LogP) is 5.08. The normalized spacial score (nSPS) is 34.5. The van der Waals surface area contributed by atoms with Gasteiger partial charge >= 0.3 is 5.97 Å². The van der Waals surface area contributed by atoms with Crippen LogP contribution >= 0.6 is 0 Å². The molecule has 5 nitrogen and oxygen atoms in total. The highest BCUT2D eigenvalue weighted by Gasteiger charge is 2.53. The molecule has 0 aromatic heterocycles. The average molecular weight is 440 g/mol. The second kappa shape index (κ2) is 8.09. The first kappa shape index (κ1) is 21.8. The molecule has 1 aromatic rings. The highest BCUT2D eigenvalue weighted by Crippen LogP contribution is 2.55. The summed E-state index contributed by atoms with van der Waals surface area (Å²) in [5.74, 6) is 1.86. The van der Waals surface area contributed by atoms with Gasteiger partial charge in [0.25, 0.3) is 0 Å². The van der Waals surface area contributed by atoms with Gasteiger partial charge in [0, 0.05) is 25.0 Å². The van der Waals surface area contributed by atoms with E-state index < -0.39 is 0 Å². The van der Waals surface area contributed by atoms with E-state index in [0.717, 1.165) is 43.9 Å². The summed E-state index contributed by atoms with van der Waals surface area (Å²) in [7, 11) is 3.37. The van der Waals surface area contributed by atoms with Crippen LogP contribution in [0, 0.1) is 17.3 Å². The van der Waals surface area contributed by atoms with Crippen LogP contribution in [0.15, 0.2) is 23.3 Å². The number of allylic oxidation sites excluding steroid dienone is 2. The van der Waals surface area contributed by atoms with Gasteiger partial charge in [0.2, 0.25) is 0 Å². The molecule has 2 fully saturated rings. The largest absolute Gasteiger partial charge is 0.493 e. The van der Waals surface area contributed by atoms with Crippen molar-refractivity contribution in [1.29, 1.82) is 0 Å². The molecule has 2 heterocycles. The van der Waals surface area contributed by atoms with Crippen molar-refractivity contribution in [2.45, 2.75) is 71.4 Å². The fourth-order valence-corrected chi connectivity index (χ4v) is 7.02. The molecule has 174 valence electrons. The number of ether oxygens (including phenoxy) is 3. The van der Waals surface area contributed by atoms with Gasteiger partial charge < -0.3 is 14.2 Å². The van der Waals surface area contributed by atoms with Gasteiger partial charge in [-0.25, -0.2) is 0 Å². The molecular formula is C27H37NO4. The van der Waals surface area contributed by atoms with E-state index in [1.165, 1.54) is 30.4 Å². The van der Waals surface area contributed by atoms with E-state index in [4.69, 9.17) is 14.2 Å². The van der Waals surface area contributed by atoms with E-state index in [9.17, 15) is 4.79 Å². The Balaban J connectivity index is 1.37. The van der Waals surface area contributed by atoms with Crippen molar-refractivity contribution in [3.63, 3.8) is 0 Å². The summed E-state index contributed by atoms with van der Waals surface area (Å²) in [4.78, 5) is 15.5. The van der Waals surface area contributed by atoms with Crippen molar-refractivity contribution in [2.24, 2.45) is 17.3 Å². The van der Waals surface area contributed by atoms with Crippen molar-refractivity contribution in [3.05, 3.63) is 34.4 Å². The maximum absolute atomic E-state index is 13.0. The summed E-state index contributed by atoms with van der Waals surface area (Å²) < 4.78 is 17.1. The van der Waals surface area contributed by atoms with E-state index in [1.54, 1.807) is 25.4 Å². The predicted molar refractivity (Wildman–Crippen MR) is 124 cm³/mol. The third-order valence-corrected chi connectivity index (χ3v) is 8.92. The van der Waals surface area contributed by atoms with E-state index in [1.807, 2.05) is 0 Å². The standard InChI is InChI=1S/C27H37NO4/c1-16-7-6-9-27(3)14-25-20(12-22(16)27)21(26(29)32-25)15-28-10-8-18-11-23(30-4)24(31-5)13-19(18)17(28)2/h11,13,17,20-21,25H,6-10,12,14-15H2,1-5H3/t17-,20+,21+,25+,27+/m0/s1. The SMILES string of the molecule is COc1cc2c(cc1OC)[C@H](C)N(C[C@H]1C(=O)O[C@@H]3C[C@@]4(C)CCCC(C)=C4C[C@@H]31)CC2. The minimum atomic E-state index is -0.0316. The number of carbonyl (C=O) groups is 1. The van der Waals surface area contributed by atoms with Gasteiger partial charge in [0.05, 0.1) is 20.1 Å². The first-order valence-corrected chi connectivity index (χ1v) is 12.2. The van der Waals surface area contributed by atoms with E-state index in [-0.39, 0.29) is 29.4 Å². The Kier molecular flexibility index (Phi) is 5.51. The lowest BCUT2D eigenvalue weighted by atomic mass is 9.59. The molecule has 4 aliphatic rings. The van der Waals surface area contributed by atoms with Crippen molar-refractivity contribution >= 4 is 5.97 Å². The topological polar surface area (TPSA) is 48.0 Å². The molecule has 0 unspecified atom stereocenters. The van der Waals surface area contributed by atoms with Crippen LogP contribution in [0.3, 0.4) is 0 Å². The van der Waals surface area contributed by atoms with Gasteiger partial charge in [-0.3, -0.25) is 9.69 Å². The molecule has 0 bridgehead atoms. The van der Waals surface area contributed by atoms with Crippen LogP contribution in [0.4, 0.5) is 0 Å². The smallest absolute Gasteiger partial charge is 0.310 e. The number of benzene rings is 1. The second-order valence-corrected chi connectivity index (χ2v) is 10.7. The quantitative estimate of drug-likeness (QED) is 0.484. The van der Waals surface area contributed by atoms with Crippen molar-refractivity contribution in [1.82, 2.24) is 4.90 Å². The highest BCUT2D eigenvalue weighted by molar-refractivity contribution is 5.76. The molecule has 5 atom stereocenters. The number of nitrogens with zero attached hydrogens (tertiary/aromatic N) is 1. The zero-order valence-electron chi connectivity index (χ0n) is 20.2. The van der Waals surface area contributed by atoms with Crippen molar-refractivity contribution in [2.75, 3.05) is 27.3 Å². The van der Waals surface area contributed by atoms with Gasteiger partial charge in [-0.05, 0) is 81.0 Å². The Morgan fingerprint density at radius 3 is 2.69 bits per heavy atom. The molecule has 32 heavy (non-hydrogen) atoms. The number of rotatable bonds is 4. The number of esters is 1. The average Bonchev–Trinajstić information content (AvgIpc) is 3.06. The summed E-state index contributed by atoms with van der Waals surface area (Å²) in [5.41, 5.74) is 6.01. The zero-order valence-corrected chi connectivity index (χ0v) is 20.2. The molecule has 1 aromatic carbocycles. The molecule has 0 spiro atoms. The molecule has 1 saturated carbocycles. The summed E-state index contributed by atoms with van der Waals surface area (Å²) >= 11 is 0. The molecule has 5 rings (SSSR count). The maximum Gasteiger partial charge on any atom is 0.310 e. The summed E-state index contributed by atoms with van der Waals surface area (Å²) in [6.45, 7) is 8.67. The van der Waals surface area contributed by atoms with Crippen LogP contribution in [0.2, 0.25) is 0 Å². The van der Waals surface area contributed by atoms with Crippen LogP contribution in [0.1, 0.15) is 70.0 Å². The lowest BCUT2D eigenvalue weighted by Crippen LogP contribution is -2.43. The fraction of sp³-hybridized carbons (Fsp3) is 0.667. The van der Waals surface area contributed by atoms with E-state index >= 15 is 0 Å². The molecule has 0 radical (unpaired) electrons. The van der Waals surface area contributed by atoms with Crippen LogP contribution < -0.4 is 9.47 Å². The number of fused-ring (bicyclic) bond motifs is 3. The Morgan fingerprint density at radius 2 is 1.94 bits per heavy atom. The van der Waals surface area contributed by atoms with Crippen molar-refractivity contribution in [3.8, 4) is 11.5 Å². The van der Waals surface area contributed by atoms with Crippen LogP contribution in [0.25, 0.3) is 0 Å². The lowest BCUT2D eigenvalue weighted by molar-refractivity contribution is -0.145. The molecule has 5 heteroatoms. The first-order chi connectivity index (χ1) is 15.3. The summed E-state index contributed by atoms with van der Waals surface area (Å²) in [5, 5.41) is 0. The Bertz CT molecular complexity index is 953. The minimum absolute atomic E-state index is 0.0193. The van der Waals surface area contributed by atoms with E-state index in [2.05, 4.69) is 37.8 Å². The minimum Gasteiger partial charge on any atom is -0.493 e. The zero-order chi connectivity index (χ0) is 22.6. The van der Waals surface area contributed by atoms with Gasteiger partial charge in [-0.1, -0.05) is 18.1 Å². The number of hydrogen-bond acceptors (Lipinski definition) is 5. The van der Waals surface area contributed by atoms with E-state index in [0.29, 0.717) is 5.92 Å². The Hall–Kier alpha value is -2.01. The monoisotopic (exact) mass is 439 g/mol. The molecule has 0 amide bonds. The first-order valence-electron chi connectivity index (χ1n) is 12.2. The number of carbonyl (C=O) groups excluding carboxylic acids is 1. The second-order valence-electron chi connectivity index (χ2n) is 10.7. The van der Waals surface area contributed by atoms with Crippen molar-refractivity contribution < 1.29 is 19.0 Å². The van der Waals surface area contributed by atoms with Gasteiger partial charge in [-0.2, -0.15) is 0 Å². The molecule has 2 aliphatic heterocycles. The molecule has 0 N–H and O–H groups in total. The maximum atomic E-state index is 13.0.